The predicted molar refractivity (Wildman–Crippen MR) is 122 cm³/mol. The van der Waals surface area contributed by atoms with Gasteiger partial charge in [-0.05, 0) is 74.7 Å². The standard InChI is InChI=1S/C24H25ClN2O5/c1-14(2)27-24(29)18(12-26)10-17-6-7-20(21(11-17)30-5)32-22(28)13-31-19-8-15(3)23(25)16(4)9-19/h6-11,14H,13H2,1-5H3,(H,27,29)/b18-10+. The number of nitrogens with zero attached hydrogens (tertiary/aromatic N) is 1. The quantitative estimate of drug-likeness (QED) is 0.274. The topological polar surface area (TPSA) is 97.6 Å². The molecule has 0 aliphatic heterocycles. The number of nitrogens with one attached hydrogen (secondary N) is 1. The summed E-state index contributed by atoms with van der Waals surface area (Å²) in [5.74, 6) is -0.121. The number of nitriles is 1. The van der Waals surface area contributed by atoms with E-state index in [-0.39, 0.29) is 29.7 Å². The summed E-state index contributed by atoms with van der Waals surface area (Å²) in [4.78, 5) is 24.3. The third kappa shape index (κ3) is 6.76. The van der Waals surface area contributed by atoms with E-state index in [1.165, 1.54) is 19.3 Å². The largest absolute Gasteiger partial charge is 0.493 e. The Morgan fingerprint density at radius 2 is 1.81 bits per heavy atom. The van der Waals surface area contributed by atoms with E-state index in [2.05, 4.69) is 5.32 Å². The van der Waals surface area contributed by atoms with Crippen molar-refractivity contribution < 1.29 is 23.8 Å². The van der Waals surface area contributed by atoms with Crippen LogP contribution in [0, 0.1) is 25.2 Å². The van der Waals surface area contributed by atoms with Crippen molar-refractivity contribution >= 4 is 29.6 Å². The molecule has 0 heterocycles. The maximum absolute atomic E-state index is 12.3. The number of carbonyl (C=O) groups excluding carboxylic acids is 2. The van der Waals surface area contributed by atoms with Crippen molar-refractivity contribution in [3.8, 4) is 23.3 Å². The van der Waals surface area contributed by atoms with E-state index in [9.17, 15) is 14.9 Å². The van der Waals surface area contributed by atoms with Crippen LogP contribution in [0.5, 0.6) is 17.2 Å². The van der Waals surface area contributed by atoms with Crippen LogP contribution < -0.4 is 19.5 Å². The lowest BCUT2D eigenvalue weighted by Gasteiger charge is -2.12. The molecule has 0 atom stereocenters. The van der Waals surface area contributed by atoms with E-state index in [4.69, 9.17) is 25.8 Å². The first-order valence-corrected chi connectivity index (χ1v) is 10.2. The van der Waals surface area contributed by atoms with Gasteiger partial charge in [0, 0.05) is 11.1 Å². The molecular formula is C24H25ClN2O5. The van der Waals surface area contributed by atoms with Gasteiger partial charge in [0.05, 0.1) is 7.11 Å². The second kappa shape index (κ2) is 11.2. The summed E-state index contributed by atoms with van der Waals surface area (Å²) in [5, 5.41) is 12.6. The molecule has 0 aliphatic rings. The summed E-state index contributed by atoms with van der Waals surface area (Å²) in [5.41, 5.74) is 2.19. The Morgan fingerprint density at radius 1 is 1.16 bits per heavy atom. The van der Waals surface area contributed by atoms with Crippen LogP contribution in [-0.2, 0) is 9.59 Å². The van der Waals surface area contributed by atoms with Crippen molar-refractivity contribution in [2.75, 3.05) is 13.7 Å². The Bertz CT molecular complexity index is 1060. The molecule has 0 bridgehead atoms. The molecule has 168 valence electrons. The lowest BCUT2D eigenvalue weighted by molar-refractivity contribution is -0.136. The zero-order valence-electron chi connectivity index (χ0n) is 18.6. The van der Waals surface area contributed by atoms with Gasteiger partial charge in [-0.2, -0.15) is 5.26 Å². The molecule has 0 fully saturated rings. The fraction of sp³-hybridized carbons (Fsp3) is 0.292. The number of methoxy groups -OCH3 is 1. The van der Waals surface area contributed by atoms with Crippen molar-refractivity contribution in [3.63, 3.8) is 0 Å². The highest BCUT2D eigenvalue weighted by Crippen LogP contribution is 2.30. The predicted octanol–water partition coefficient (Wildman–Crippen LogP) is 4.38. The third-order valence-corrected chi connectivity index (χ3v) is 4.87. The number of ether oxygens (including phenoxy) is 3. The number of hydrogen-bond acceptors (Lipinski definition) is 6. The molecular weight excluding hydrogens is 432 g/mol. The average molecular weight is 457 g/mol. The summed E-state index contributed by atoms with van der Waals surface area (Å²) in [7, 11) is 1.42. The van der Waals surface area contributed by atoms with E-state index >= 15 is 0 Å². The van der Waals surface area contributed by atoms with Crippen LogP contribution in [0.3, 0.4) is 0 Å². The van der Waals surface area contributed by atoms with E-state index in [0.717, 1.165) is 11.1 Å². The summed E-state index contributed by atoms with van der Waals surface area (Å²) >= 11 is 6.14. The van der Waals surface area contributed by atoms with Crippen LogP contribution in [0.15, 0.2) is 35.9 Å². The minimum absolute atomic E-state index is 0.0487. The highest BCUT2D eigenvalue weighted by atomic mass is 35.5. The van der Waals surface area contributed by atoms with Crippen molar-refractivity contribution in [1.29, 1.82) is 5.26 Å². The van der Waals surface area contributed by atoms with Gasteiger partial charge >= 0.3 is 5.97 Å². The number of hydrogen-bond donors (Lipinski definition) is 1. The molecule has 0 unspecified atom stereocenters. The molecule has 2 rings (SSSR count). The summed E-state index contributed by atoms with van der Waals surface area (Å²) in [6.45, 7) is 7.01. The van der Waals surface area contributed by atoms with Crippen LogP contribution in [0.25, 0.3) is 6.08 Å². The molecule has 0 saturated heterocycles. The fourth-order valence-electron chi connectivity index (χ4n) is 2.80. The summed E-state index contributed by atoms with van der Waals surface area (Å²) < 4.78 is 16.2. The second-order valence-electron chi connectivity index (χ2n) is 7.34. The van der Waals surface area contributed by atoms with Gasteiger partial charge in [0.2, 0.25) is 0 Å². The molecule has 0 spiro atoms. The normalized spacial score (nSPS) is 11.0. The highest BCUT2D eigenvalue weighted by Gasteiger charge is 2.14. The number of esters is 1. The first-order chi connectivity index (χ1) is 15.1. The first kappa shape index (κ1) is 24.8. The smallest absolute Gasteiger partial charge is 0.349 e. The van der Waals surface area contributed by atoms with E-state index in [0.29, 0.717) is 16.3 Å². The molecule has 1 N–H and O–H groups in total. The van der Waals surface area contributed by atoms with Crippen LogP contribution in [0.4, 0.5) is 0 Å². The number of rotatable bonds is 8. The van der Waals surface area contributed by atoms with Crippen molar-refractivity contribution in [1.82, 2.24) is 5.32 Å². The molecule has 0 aliphatic carbocycles. The van der Waals surface area contributed by atoms with Crippen LogP contribution >= 0.6 is 11.6 Å². The van der Waals surface area contributed by atoms with Gasteiger partial charge in [0.1, 0.15) is 17.4 Å². The SMILES string of the molecule is COc1cc(/C=C(\C#N)C(=O)NC(C)C)ccc1OC(=O)COc1cc(C)c(Cl)c(C)c1. The van der Waals surface area contributed by atoms with Crippen LogP contribution in [0.1, 0.15) is 30.5 Å². The molecule has 1 amide bonds. The number of carbonyl (C=O) groups is 2. The lowest BCUT2D eigenvalue weighted by atomic mass is 10.1. The molecule has 0 aromatic heterocycles. The lowest BCUT2D eigenvalue weighted by Crippen LogP contribution is -2.30. The monoisotopic (exact) mass is 456 g/mol. The second-order valence-corrected chi connectivity index (χ2v) is 7.72. The number of aryl methyl sites for hydroxylation is 2. The van der Waals surface area contributed by atoms with E-state index < -0.39 is 11.9 Å². The Kier molecular flexibility index (Phi) is 8.68. The van der Waals surface area contributed by atoms with E-state index in [1.807, 2.05) is 19.9 Å². The van der Waals surface area contributed by atoms with Gasteiger partial charge in [-0.15, -0.1) is 0 Å². The molecule has 0 saturated carbocycles. The summed E-state index contributed by atoms with van der Waals surface area (Å²) in [6, 6.07) is 9.96. The Hall–Kier alpha value is -3.50. The van der Waals surface area contributed by atoms with Crippen LogP contribution in [0.2, 0.25) is 5.02 Å². The van der Waals surface area contributed by atoms with Gasteiger partial charge in [0.25, 0.3) is 5.91 Å². The zero-order chi connectivity index (χ0) is 23.8. The van der Waals surface area contributed by atoms with Gasteiger partial charge in [-0.3, -0.25) is 4.79 Å². The zero-order valence-corrected chi connectivity index (χ0v) is 19.4. The summed E-state index contributed by atoms with van der Waals surface area (Å²) in [6.07, 6.45) is 1.43. The maximum atomic E-state index is 12.3. The van der Waals surface area contributed by atoms with Gasteiger partial charge in [-0.25, -0.2) is 4.79 Å². The maximum Gasteiger partial charge on any atom is 0.349 e. The van der Waals surface area contributed by atoms with Crippen molar-refractivity contribution in [2.24, 2.45) is 0 Å². The van der Waals surface area contributed by atoms with Crippen molar-refractivity contribution in [3.05, 3.63) is 57.6 Å². The van der Waals surface area contributed by atoms with Crippen molar-refractivity contribution in [2.45, 2.75) is 33.7 Å². The Balaban J connectivity index is 2.11. The Labute approximate surface area is 192 Å². The highest BCUT2D eigenvalue weighted by molar-refractivity contribution is 6.32. The number of halogens is 1. The fourth-order valence-corrected chi connectivity index (χ4v) is 2.91. The number of amides is 1. The van der Waals surface area contributed by atoms with Gasteiger partial charge in [0.15, 0.2) is 18.1 Å². The molecule has 0 radical (unpaired) electrons. The van der Waals surface area contributed by atoms with Gasteiger partial charge in [-0.1, -0.05) is 17.7 Å². The average Bonchev–Trinajstić information content (AvgIpc) is 2.74. The minimum Gasteiger partial charge on any atom is -0.493 e. The third-order valence-electron chi connectivity index (χ3n) is 4.27. The van der Waals surface area contributed by atoms with Crippen LogP contribution in [-0.4, -0.2) is 31.6 Å². The molecule has 2 aromatic carbocycles. The van der Waals surface area contributed by atoms with Gasteiger partial charge < -0.3 is 19.5 Å². The first-order valence-electron chi connectivity index (χ1n) is 9.85. The van der Waals surface area contributed by atoms with E-state index in [1.54, 1.807) is 38.1 Å². The molecule has 7 nitrogen and oxygen atoms in total. The minimum atomic E-state index is -0.620. The number of benzene rings is 2. The molecule has 32 heavy (non-hydrogen) atoms. The molecule has 2 aromatic rings. The molecule has 8 heteroatoms. The Morgan fingerprint density at radius 3 is 2.38 bits per heavy atom.